The van der Waals surface area contributed by atoms with Gasteiger partial charge in [-0.15, -0.1) is 0 Å². The molecule has 2 aromatic rings. The second-order valence-corrected chi connectivity index (χ2v) is 14.8. The monoisotopic (exact) mass is 458 g/mol. The van der Waals surface area contributed by atoms with Crippen molar-refractivity contribution in [2.75, 3.05) is 0 Å². The van der Waals surface area contributed by atoms with Crippen molar-refractivity contribution in [3.63, 3.8) is 0 Å². The van der Waals surface area contributed by atoms with Crippen molar-refractivity contribution in [3.05, 3.63) is 78.9 Å². The summed E-state index contributed by atoms with van der Waals surface area (Å²) >= 11 is 0. The number of aryl methyl sites for hydroxylation is 4. The first-order chi connectivity index (χ1) is 14.8. The maximum absolute atomic E-state index is 2.44. The second-order valence-electron chi connectivity index (χ2n) is 11.4. The van der Waals surface area contributed by atoms with E-state index >= 15 is 0 Å². The largest absolute Gasteiger partial charge is 0.0630 e. The van der Waals surface area contributed by atoms with Gasteiger partial charge >= 0.3 is 0 Å². The van der Waals surface area contributed by atoms with Crippen LogP contribution < -0.4 is 0 Å². The molecule has 0 saturated heterocycles. The molecule has 0 bridgehead atoms. The van der Waals surface area contributed by atoms with Crippen molar-refractivity contribution >= 4 is 31.6 Å². The third-order valence-corrected chi connectivity index (χ3v) is 13.3. The fourth-order valence-corrected chi connectivity index (χ4v) is 9.78. The number of hydrogen-bond acceptors (Lipinski definition) is 0. The molecule has 0 saturated carbocycles. The van der Waals surface area contributed by atoms with E-state index in [0.717, 1.165) is 0 Å². The van der Waals surface area contributed by atoms with E-state index in [4.69, 9.17) is 0 Å². The molecule has 0 heterocycles. The Morgan fingerprint density at radius 3 is 1.16 bits per heavy atom. The van der Waals surface area contributed by atoms with E-state index < -0.39 is 0 Å². The zero-order valence-corrected chi connectivity index (χ0v) is 26.6. The molecule has 0 aromatic heterocycles. The van der Waals surface area contributed by atoms with E-state index in [1.54, 1.807) is 44.5 Å². The summed E-state index contributed by atoms with van der Waals surface area (Å²) in [5.41, 5.74) is 21.8. The van der Waals surface area contributed by atoms with Crippen LogP contribution in [-0.2, 0) is 10.1 Å². The third kappa shape index (κ3) is 2.91. The van der Waals surface area contributed by atoms with Crippen LogP contribution >= 0.6 is 0 Å². The van der Waals surface area contributed by atoms with E-state index in [2.05, 4.69) is 81.4 Å². The minimum atomic E-state index is 0.268. The van der Waals surface area contributed by atoms with Crippen molar-refractivity contribution < 1.29 is 0 Å². The van der Waals surface area contributed by atoms with Crippen LogP contribution in [0.5, 0.6) is 0 Å². The standard InChI is InChI=1S/C30H42Si2/c1-15-13-17(3)27-25(19(15)5)21(7)23(9)29(27,31)11-12-30(32)24(10)22(8)26-20(6)16(2)14-18(4)28(26)30/h13-14H,11-12H2,1-10,31-32H3. The summed E-state index contributed by atoms with van der Waals surface area (Å²) in [6.07, 6.45) is 2.55. The first-order valence-electron chi connectivity index (χ1n) is 12.4. The molecular weight excluding hydrogens is 417 g/mol. The van der Waals surface area contributed by atoms with E-state index in [-0.39, 0.29) is 10.1 Å². The van der Waals surface area contributed by atoms with Crippen LogP contribution in [0.15, 0.2) is 23.3 Å². The lowest BCUT2D eigenvalue weighted by molar-refractivity contribution is 0.531. The Hall–Kier alpha value is -1.65. The average molecular weight is 459 g/mol. The highest BCUT2D eigenvalue weighted by Crippen LogP contribution is 2.54. The summed E-state index contributed by atoms with van der Waals surface area (Å²) < 4.78 is 0. The summed E-state index contributed by atoms with van der Waals surface area (Å²) in [4.78, 5) is 0. The molecule has 0 fully saturated rings. The summed E-state index contributed by atoms with van der Waals surface area (Å²) in [6, 6.07) is 4.89. The normalized spacial score (nSPS) is 24.7. The minimum Gasteiger partial charge on any atom is -0.0630 e. The summed E-state index contributed by atoms with van der Waals surface area (Å²) in [6.45, 7) is 23.6. The van der Waals surface area contributed by atoms with Gasteiger partial charge in [0.25, 0.3) is 0 Å². The fraction of sp³-hybridized carbons (Fsp3) is 0.467. The van der Waals surface area contributed by atoms with Crippen molar-refractivity contribution in [3.8, 4) is 0 Å². The van der Waals surface area contributed by atoms with Crippen LogP contribution in [0.3, 0.4) is 0 Å². The van der Waals surface area contributed by atoms with Gasteiger partial charge in [-0.1, -0.05) is 23.3 Å². The van der Waals surface area contributed by atoms with Crippen LogP contribution in [0.1, 0.15) is 96.2 Å². The molecule has 2 heteroatoms. The number of rotatable bonds is 3. The number of fused-ring (bicyclic) bond motifs is 2. The van der Waals surface area contributed by atoms with Crippen LogP contribution in [0.4, 0.5) is 0 Å². The Morgan fingerprint density at radius 2 is 0.844 bits per heavy atom. The van der Waals surface area contributed by atoms with Gasteiger partial charge in [-0.3, -0.25) is 0 Å². The summed E-state index contributed by atoms with van der Waals surface area (Å²) in [5, 5.41) is 0.536. The van der Waals surface area contributed by atoms with Crippen LogP contribution in [0.2, 0.25) is 0 Å². The van der Waals surface area contributed by atoms with Gasteiger partial charge in [-0.25, -0.2) is 0 Å². The lowest BCUT2D eigenvalue weighted by atomic mass is 9.79. The molecule has 170 valence electrons. The second kappa shape index (κ2) is 7.43. The van der Waals surface area contributed by atoms with Crippen molar-refractivity contribution in [2.24, 2.45) is 0 Å². The first kappa shape index (κ1) is 23.5. The molecule has 0 N–H and O–H groups in total. The van der Waals surface area contributed by atoms with Gasteiger partial charge in [0.05, 0.1) is 0 Å². The molecule has 32 heavy (non-hydrogen) atoms. The lowest BCUT2D eigenvalue weighted by Gasteiger charge is -2.37. The molecule has 2 unspecified atom stereocenters. The molecule has 2 aromatic carbocycles. The Morgan fingerprint density at radius 1 is 0.531 bits per heavy atom. The van der Waals surface area contributed by atoms with E-state index in [0.29, 0.717) is 0 Å². The van der Waals surface area contributed by atoms with E-state index in [1.807, 2.05) is 0 Å². The maximum atomic E-state index is 2.44. The number of allylic oxidation sites excluding steroid dienone is 4. The quantitative estimate of drug-likeness (QED) is 0.514. The number of benzene rings is 2. The van der Waals surface area contributed by atoms with Gasteiger partial charge < -0.3 is 0 Å². The smallest absolute Gasteiger partial charge is 0.0214 e. The predicted octanol–water partition coefficient (Wildman–Crippen LogP) is 5.75. The van der Waals surface area contributed by atoms with Crippen molar-refractivity contribution in [2.45, 2.75) is 92.2 Å². The minimum absolute atomic E-state index is 0.268. The molecule has 0 nitrogen and oxygen atoms in total. The molecule has 4 rings (SSSR count). The molecule has 0 amide bonds. The highest BCUT2D eigenvalue weighted by Gasteiger charge is 2.45. The van der Waals surface area contributed by atoms with Crippen LogP contribution in [0.25, 0.3) is 11.1 Å². The van der Waals surface area contributed by atoms with E-state index in [9.17, 15) is 0 Å². The molecule has 2 atom stereocenters. The molecule has 0 radical (unpaired) electrons. The SMILES string of the molecule is CC1=C(C)C([SiH3])(CCC2([SiH3])C(C)=C(C)c3c(C)c(C)cc(C)c32)c2c(C)cc(C)c(C)c21. The van der Waals surface area contributed by atoms with Gasteiger partial charge in [0.15, 0.2) is 0 Å². The predicted molar refractivity (Wildman–Crippen MR) is 150 cm³/mol. The van der Waals surface area contributed by atoms with E-state index in [1.165, 1.54) is 66.7 Å². The zero-order valence-electron chi connectivity index (χ0n) is 22.6. The third-order valence-electron chi connectivity index (χ3n) is 9.85. The number of hydrogen-bond donors (Lipinski definition) is 0. The summed E-state index contributed by atoms with van der Waals surface area (Å²) in [5.74, 6) is 0. The van der Waals surface area contributed by atoms with Crippen LogP contribution in [0, 0.1) is 41.5 Å². The van der Waals surface area contributed by atoms with Gasteiger partial charge in [0.1, 0.15) is 0 Å². The first-order valence-corrected chi connectivity index (χ1v) is 14.4. The lowest BCUT2D eigenvalue weighted by Crippen LogP contribution is -2.34. The molecule has 2 aliphatic rings. The average Bonchev–Trinajstić information content (AvgIpc) is 3.05. The molecule has 0 spiro atoms. The topological polar surface area (TPSA) is 0 Å². The highest BCUT2D eigenvalue weighted by molar-refractivity contribution is 6.22. The maximum Gasteiger partial charge on any atom is 0.0214 e. The van der Waals surface area contributed by atoms with Gasteiger partial charge in [-0.2, -0.15) is 0 Å². The molecular formula is C30H42Si2. The summed E-state index contributed by atoms with van der Waals surface area (Å²) in [7, 11) is 2.35. The van der Waals surface area contributed by atoms with Gasteiger partial charge in [-0.05, 0) is 149 Å². The van der Waals surface area contributed by atoms with Crippen molar-refractivity contribution in [1.29, 1.82) is 0 Å². The molecule has 0 aliphatic heterocycles. The van der Waals surface area contributed by atoms with Crippen molar-refractivity contribution in [1.82, 2.24) is 0 Å². The Balaban J connectivity index is 1.83. The van der Waals surface area contributed by atoms with Crippen LogP contribution in [-0.4, -0.2) is 20.5 Å². The Bertz CT molecular complexity index is 1140. The zero-order chi connectivity index (χ0) is 23.9. The fourth-order valence-electron chi connectivity index (χ4n) is 7.24. The Labute approximate surface area is 202 Å². The Kier molecular flexibility index (Phi) is 5.46. The van der Waals surface area contributed by atoms with Gasteiger partial charge in [0, 0.05) is 30.6 Å². The van der Waals surface area contributed by atoms with Gasteiger partial charge in [0.2, 0.25) is 0 Å². The molecule has 2 aliphatic carbocycles. The highest BCUT2D eigenvalue weighted by atomic mass is 28.1.